The van der Waals surface area contributed by atoms with Gasteiger partial charge in [-0.05, 0) is 34.5 Å². The van der Waals surface area contributed by atoms with Crippen LogP contribution in [0.4, 0.5) is 5.00 Å². The Bertz CT molecular complexity index is 329. The third-order valence-electron chi connectivity index (χ3n) is 1.78. The van der Waals surface area contributed by atoms with E-state index in [4.69, 9.17) is 5.11 Å². The monoisotopic (exact) mass is 293 g/mol. The summed E-state index contributed by atoms with van der Waals surface area (Å²) in [4.78, 5) is 10.2. The molecule has 0 saturated heterocycles. The zero-order valence-electron chi connectivity index (χ0n) is 7.94. The van der Waals surface area contributed by atoms with Crippen LogP contribution in [0, 0.1) is 0 Å². The van der Waals surface area contributed by atoms with Crippen LogP contribution in [0.15, 0.2) is 15.9 Å². The molecule has 0 aliphatic carbocycles. The fraction of sp³-hybridized carbons (Fsp3) is 0.444. The Morgan fingerprint density at radius 2 is 2.33 bits per heavy atom. The van der Waals surface area contributed by atoms with Gasteiger partial charge < -0.3 is 15.5 Å². The smallest absolute Gasteiger partial charge is 0.303 e. The predicted molar refractivity (Wildman–Crippen MR) is 63.4 cm³/mol. The predicted octanol–water partition coefficient (Wildman–Crippen LogP) is 2.15. The first-order valence-corrected chi connectivity index (χ1v) is 6.08. The fourth-order valence-electron chi connectivity index (χ4n) is 1.02. The van der Waals surface area contributed by atoms with Crippen molar-refractivity contribution in [2.24, 2.45) is 0 Å². The van der Waals surface area contributed by atoms with Crippen LogP contribution in [0.5, 0.6) is 0 Å². The van der Waals surface area contributed by atoms with Gasteiger partial charge in [-0.15, -0.1) is 11.3 Å². The molecular weight excluding hydrogens is 282 g/mol. The summed E-state index contributed by atoms with van der Waals surface area (Å²) in [5.41, 5.74) is 0. The summed E-state index contributed by atoms with van der Waals surface area (Å²) in [6.45, 7) is 0.375. The summed E-state index contributed by atoms with van der Waals surface area (Å²) in [5.74, 6) is -0.882. The molecule has 15 heavy (non-hydrogen) atoms. The van der Waals surface area contributed by atoms with E-state index in [0.717, 1.165) is 8.79 Å². The Morgan fingerprint density at radius 1 is 1.60 bits per heavy atom. The van der Waals surface area contributed by atoms with Crippen LogP contribution in [-0.4, -0.2) is 28.8 Å². The van der Waals surface area contributed by atoms with E-state index in [0.29, 0.717) is 6.54 Å². The number of rotatable bonds is 6. The lowest BCUT2D eigenvalue weighted by Gasteiger charge is -2.09. The third kappa shape index (κ3) is 5.15. The van der Waals surface area contributed by atoms with Gasteiger partial charge in [0.05, 0.1) is 14.9 Å². The molecular formula is C9H12BrNO3S. The quantitative estimate of drug-likeness (QED) is 0.752. The molecule has 3 N–H and O–H groups in total. The number of aliphatic carboxylic acids is 1. The SMILES string of the molecule is O=C(O)CCC(O)CNc1ccc(Br)s1. The molecule has 0 aliphatic heterocycles. The summed E-state index contributed by atoms with van der Waals surface area (Å²) in [5, 5.41) is 21.8. The van der Waals surface area contributed by atoms with Crippen LogP contribution in [-0.2, 0) is 4.79 Å². The first kappa shape index (κ1) is 12.5. The summed E-state index contributed by atoms with van der Waals surface area (Å²) >= 11 is 4.86. The van der Waals surface area contributed by atoms with Crippen LogP contribution in [0.2, 0.25) is 0 Å². The van der Waals surface area contributed by atoms with E-state index >= 15 is 0 Å². The molecule has 1 aromatic rings. The van der Waals surface area contributed by atoms with Crippen molar-refractivity contribution in [2.45, 2.75) is 18.9 Å². The second-order valence-electron chi connectivity index (χ2n) is 3.07. The number of anilines is 1. The lowest BCUT2D eigenvalue weighted by atomic mass is 10.2. The number of carboxylic acids is 1. The van der Waals surface area contributed by atoms with Crippen LogP contribution < -0.4 is 5.32 Å². The van der Waals surface area contributed by atoms with E-state index in [1.807, 2.05) is 12.1 Å². The molecule has 1 unspecified atom stereocenters. The molecule has 1 rings (SSSR count). The van der Waals surface area contributed by atoms with Crippen molar-refractivity contribution in [3.8, 4) is 0 Å². The molecule has 0 aliphatic rings. The largest absolute Gasteiger partial charge is 0.481 e. The number of halogens is 1. The Balaban J connectivity index is 2.22. The number of carbonyl (C=O) groups is 1. The Labute approximate surface area is 100 Å². The zero-order chi connectivity index (χ0) is 11.3. The number of thiophene rings is 1. The molecule has 0 fully saturated rings. The van der Waals surface area contributed by atoms with E-state index in [9.17, 15) is 9.90 Å². The third-order valence-corrected chi connectivity index (χ3v) is 3.36. The topological polar surface area (TPSA) is 69.6 Å². The first-order chi connectivity index (χ1) is 7.08. The van der Waals surface area contributed by atoms with Gasteiger partial charge >= 0.3 is 5.97 Å². The number of hydrogen-bond donors (Lipinski definition) is 3. The highest BCUT2D eigenvalue weighted by Crippen LogP contribution is 2.26. The average molecular weight is 294 g/mol. The van der Waals surface area contributed by atoms with Gasteiger partial charge in [-0.25, -0.2) is 0 Å². The summed E-state index contributed by atoms with van der Waals surface area (Å²) in [6, 6.07) is 3.81. The van der Waals surface area contributed by atoms with Crippen molar-refractivity contribution in [3.05, 3.63) is 15.9 Å². The highest BCUT2D eigenvalue weighted by Gasteiger charge is 2.07. The van der Waals surface area contributed by atoms with Crippen molar-refractivity contribution < 1.29 is 15.0 Å². The van der Waals surface area contributed by atoms with Gasteiger partial charge in [0.15, 0.2) is 0 Å². The van der Waals surface area contributed by atoms with E-state index in [2.05, 4.69) is 21.2 Å². The molecule has 0 saturated carbocycles. The molecule has 84 valence electrons. The lowest BCUT2D eigenvalue weighted by molar-refractivity contribution is -0.137. The van der Waals surface area contributed by atoms with Gasteiger partial charge in [-0.1, -0.05) is 0 Å². The van der Waals surface area contributed by atoms with Gasteiger partial charge in [0.25, 0.3) is 0 Å². The van der Waals surface area contributed by atoms with Crippen LogP contribution in [0.3, 0.4) is 0 Å². The van der Waals surface area contributed by atoms with Crippen molar-refractivity contribution in [3.63, 3.8) is 0 Å². The maximum absolute atomic E-state index is 10.2. The van der Waals surface area contributed by atoms with Crippen LogP contribution in [0.25, 0.3) is 0 Å². The maximum Gasteiger partial charge on any atom is 0.303 e. The van der Waals surface area contributed by atoms with E-state index in [-0.39, 0.29) is 12.8 Å². The number of nitrogens with one attached hydrogen (secondary N) is 1. The van der Waals surface area contributed by atoms with E-state index in [1.54, 1.807) is 0 Å². The first-order valence-electron chi connectivity index (χ1n) is 4.47. The van der Waals surface area contributed by atoms with Crippen molar-refractivity contribution in [1.29, 1.82) is 0 Å². The molecule has 0 radical (unpaired) electrons. The van der Waals surface area contributed by atoms with Crippen molar-refractivity contribution in [1.82, 2.24) is 0 Å². The number of hydrogen-bond acceptors (Lipinski definition) is 4. The number of aliphatic hydroxyl groups excluding tert-OH is 1. The second kappa shape index (κ2) is 6.09. The van der Waals surface area contributed by atoms with E-state index < -0.39 is 12.1 Å². The fourth-order valence-corrected chi connectivity index (χ4v) is 2.31. The molecule has 0 amide bonds. The Morgan fingerprint density at radius 3 is 2.87 bits per heavy atom. The molecule has 6 heteroatoms. The van der Waals surface area contributed by atoms with Gasteiger partial charge in [0.2, 0.25) is 0 Å². The van der Waals surface area contributed by atoms with Gasteiger partial charge in [-0.3, -0.25) is 4.79 Å². The van der Waals surface area contributed by atoms with Crippen LogP contribution in [0.1, 0.15) is 12.8 Å². The van der Waals surface area contributed by atoms with Crippen molar-refractivity contribution >= 4 is 38.2 Å². The molecule has 1 atom stereocenters. The minimum atomic E-state index is -0.882. The summed E-state index contributed by atoms with van der Waals surface area (Å²) in [6.07, 6.45) is -0.353. The summed E-state index contributed by atoms with van der Waals surface area (Å²) < 4.78 is 1.02. The zero-order valence-corrected chi connectivity index (χ0v) is 10.3. The Hall–Kier alpha value is -0.590. The molecule has 1 aromatic heterocycles. The molecule has 0 bridgehead atoms. The standard InChI is InChI=1S/C9H12BrNO3S/c10-7-2-3-8(15-7)11-5-6(12)1-4-9(13)14/h2-3,6,11-12H,1,4-5H2,(H,13,14). The second-order valence-corrected chi connectivity index (χ2v) is 5.53. The molecule has 0 spiro atoms. The number of carboxylic acid groups (broad SMARTS) is 1. The molecule has 0 aromatic carbocycles. The lowest BCUT2D eigenvalue weighted by Crippen LogP contribution is -2.19. The minimum Gasteiger partial charge on any atom is -0.481 e. The highest BCUT2D eigenvalue weighted by atomic mass is 79.9. The average Bonchev–Trinajstić information content (AvgIpc) is 2.58. The minimum absolute atomic E-state index is 0.00299. The van der Waals surface area contributed by atoms with Gasteiger partial charge in [0, 0.05) is 13.0 Å². The van der Waals surface area contributed by atoms with Crippen LogP contribution >= 0.6 is 27.3 Å². The van der Waals surface area contributed by atoms with Gasteiger partial charge in [-0.2, -0.15) is 0 Å². The van der Waals surface area contributed by atoms with E-state index in [1.165, 1.54) is 11.3 Å². The molecule has 4 nitrogen and oxygen atoms in total. The maximum atomic E-state index is 10.2. The van der Waals surface area contributed by atoms with Crippen molar-refractivity contribution in [2.75, 3.05) is 11.9 Å². The number of aliphatic hydroxyl groups is 1. The highest BCUT2D eigenvalue weighted by molar-refractivity contribution is 9.11. The van der Waals surface area contributed by atoms with Gasteiger partial charge in [0.1, 0.15) is 0 Å². The molecule has 1 heterocycles. The normalized spacial score (nSPS) is 12.4. The summed E-state index contributed by atoms with van der Waals surface area (Å²) in [7, 11) is 0. The Kier molecular flexibility index (Phi) is 5.07.